The standard InChI is InChI=1S/C27H26ClFN2O3/c1-4-30(20-12-10-19(28)11-13-20)27(33)22-15-17(2)31(24-8-6-5-7-21(22)24)26(32)18-9-14-25(34-3)23(29)16-18/h5-14,16-17,22H,4,15H2,1-3H3/t17-,22-/m1/s1. The maximum absolute atomic E-state index is 14.3. The molecule has 176 valence electrons. The van der Waals surface area contributed by atoms with Gasteiger partial charge in [0.05, 0.1) is 13.0 Å². The van der Waals surface area contributed by atoms with Crippen LogP contribution in [-0.2, 0) is 4.79 Å². The molecule has 2 atom stereocenters. The molecule has 3 aromatic rings. The number of halogens is 2. The summed E-state index contributed by atoms with van der Waals surface area (Å²) >= 11 is 6.03. The normalized spacial score (nSPS) is 17.1. The Balaban J connectivity index is 1.69. The molecule has 0 bridgehead atoms. The van der Waals surface area contributed by atoms with Gasteiger partial charge in [-0.15, -0.1) is 0 Å². The van der Waals surface area contributed by atoms with Crippen LogP contribution < -0.4 is 14.5 Å². The van der Waals surface area contributed by atoms with Crippen LogP contribution in [0, 0.1) is 5.82 Å². The van der Waals surface area contributed by atoms with Crippen LogP contribution in [0.15, 0.2) is 66.7 Å². The van der Waals surface area contributed by atoms with Crippen molar-refractivity contribution in [3.63, 3.8) is 0 Å². The molecule has 0 spiro atoms. The van der Waals surface area contributed by atoms with Gasteiger partial charge >= 0.3 is 0 Å². The lowest BCUT2D eigenvalue weighted by Crippen LogP contribution is -2.46. The predicted octanol–water partition coefficient (Wildman–Crippen LogP) is 6.06. The highest BCUT2D eigenvalue weighted by Crippen LogP contribution is 2.41. The van der Waals surface area contributed by atoms with E-state index in [-0.39, 0.29) is 29.2 Å². The lowest BCUT2D eigenvalue weighted by Gasteiger charge is -2.40. The van der Waals surface area contributed by atoms with Crippen LogP contribution in [-0.4, -0.2) is 31.5 Å². The number of carbonyl (C=O) groups excluding carboxylic acids is 2. The first-order chi connectivity index (χ1) is 16.3. The summed E-state index contributed by atoms with van der Waals surface area (Å²) in [5.41, 5.74) is 2.43. The van der Waals surface area contributed by atoms with E-state index in [2.05, 4.69) is 0 Å². The lowest BCUT2D eigenvalue weighted by atomic mass is 9.84. The van der Waals surface area contributed by atoms with Crippen LogP contribution in [0.2, 0.25) is 5.02 Å². The van der Waals surface area contributed by atoms with Crippen molar-refractivity contribution >= 4 is 34.8 Å². The van der Waals surface area contributed by atoms with Crippen LogP contribution in [0.4, 0.5) is 15.8 Å². The van der Waals surface area contributed by atoms with E-state index in [9.17, 15) is 14.0 Å². The minimum atomic E-state index is -0.596. The highest BCUT2D eigenvalue weighted by Gasteiger charge is 2.39. The molecule has 0 aromatic heterocycles. The van der Waals surface area contributed by atoms with Gasteiger partial charge in [0.2, 0.25) is 5.91 Å². The van der Waals surface area contributed by atoms with Crippen molar-refractivity contribution < 1.29 is 18.7 Å². The van der Waals surface area contributed by atoms with Crippen molar-refractivity contribution in [1.82, 2.24) is 0 Å². The molecule has 2 amide bonds. The number of carbonyl (C=O) groups is 2. The molecule has 1 aliphatic heterocycles. The second kappa shape index (κ2) is 9.85. The lowest BCUT2D eigenvalue weighted by molar-refractivity contribution is -0.120. The summed E-state index contributed by atoms with van der Waals surface area (Å²) < 4.78 is 19.3. The van der Waals surface area contributed by atoms with Gasteiger partial charge in [0.1, 0.15) is 0 Å². The first kappa shape index (κ1) is 23.8. The Morgan fingerprint density at radius 2 is 1.82 bits per heavy atom. The molecule has 0 N–H and O–H groups in total. The number of anilines is 2. The third-order valence-electron chi connectivity index (χ3n) is 6.23. The molecule has 3 aromatic carbocycles. The van der Waals surface area contributed by atoms with Crippen LogP contribution in [0.1, 0.15) is 42.1 Å². The molecule has 0 aliphatic carbocycles. The number of hydrogen-bond donors (Lipinski definition) is 0. The number of nitrogens with zero attached hydrogens (tertiary/aromatic N) is 2. The minimum Gasteiger partial charge on any atom is -0.494 e. The van der Waals surface area contributed by atoms with Gasteiger partial charge in [0, 0.05) is 34.5 Å². The largest absolute Gasteiger partial charge is 0.494 e. The summed E-state index contributed by atoms with van der Waals surface area (Å²) in [6.45, 7) is 4.34. The van der Waals surface area contributed by atoms with Gasteiger partial charge in [-0.2, -0.15) is 0 Å². The first-order valence-corrected chi connectivity index (χ1v) is 11.6. The van der Waals surface area contributed by atoms with E-state index < -0.39 is 11.7 Å². The molecule has 0 saturated carbocycles. The van der Waals surface area contributed by atoms with Gasteiger partial charge in [-0.3, -0.25) is 9.59 Å². The summed E-state index contributed by atoms with van der Waals surface area (Å²) in [7, 11) is 1.38. The SMILES string of the molecule is CCN(C(=O)[C@@H]1C[C@@H](C)N(C(=O)c2ccc(OC)c(F)c2)c2ccccc21)c1ccc(Cl)cc1. The third kappa shape index (κ3) is 4.38. The molecular formula is C27H26ClFN2O3. The van der Waals surface area contributed by atoms with Crippen molar-refractivity contribution in [2.24, 2.45) is 0 Å². The molecular weight excluding hydrogens is 455 g/mol. The van der Waals surface area contributed by atoms with Crippen LogP contribution >= 0.6 is 11.6 Å². The molecule has 0 saturated heterocycles. The van der Waals surface area contributed by atoms with Crippen molar-refractivity contribution in [3.05, 3.63) is 88.7 Å². The summed E-state index contributed by atoms with van der Waals surface area (Å²) in [5.74, 6) is -1.29. The Kier molecular flexibility index (Phi) is 6.89. The second-order valence-corrected chi connectivity index (χ2v) is 8.72. The first-order valence-electron chi connectivity index (χ1n) is 11.2. The van der Waals surface area contributed by atoms with Crippen molar-refractivity contribution in [3.8, 4) is 5.75 Å². The molecule has 1 heterocycles. The number of para-hydroxylation sites is 1. The molecule has 1 aliphatic rings. The number of benzene rings is 3. The fourth-order valence-corrected chi connectivity index (χ4v) is 4.70. The number of methoxy groups -OCH3 is 1. The quantitative estimate of drug-likeness (QED) is 0.445. The fraction of sp³-hybridized carbons (Fsp3) is 0.259. The van der Waals surface area contributed by atoms with E-state index in [4.69, 9.17) is 16.3 Å². The average molecular weight is 481 g/mol. The minimum absolute atomic E-state index is 0.0355. The molecule has 0 fully saturated rings. The monoisotopic (exact) mass is 480 g/mol. The van der Waals surface area contributed by atoms with Crippen molar-refractivity contribution in [2.45, 2.75) is 32.2 Å². The van der Waals surface area contributed by atoms with Gasteiger partial charge < -0.3 is 14.5 Å². The number of ether oxygens (including phenoxy) is 1. The topological polar surface area (TPSA) is 49.9 Å². The maximum Gasteiger partial charge on any atom is 0.258 e. The van der Waals surface area contributed by atoms with Crippen LogP contribution in [0.3, 0.4) is 0 Å². The number of amides is 2. The smallest absolute Gasteiger partial charge is 0.258 e. The number of fused-ring (bicyclic) bond motifs is 1. The van der Waals surface area contributed by atoms with Crippen LogP contribution in [0.5, 0.6) is 5.75 Å². The molecule has 34 heavy (non-hydrogen) atoms. The molecule has 0 radical (unpaired) electrons. The summed E-state index contributed by atoms with van der Waals surface area (Å²) in [5, 5.41) is 0.605. The van der Waals surface area contributed by atoms with Crippen molar-refractivity contribution in [1.29, 1.82) is 0 Å². The molecule has 0 unspecified atom stereocenters. The third-order valence-corrected chi connectivity index (χ3v) is 6.48. The zero-order valence-corrected chi connectivity index (χ0v) is 20.1. The molecule has 5 nitrogen and oxygen atoms in total. The van der Waals surface area contributed by atoms with Crippen LogP contribution in [0.25, 0.3) is 0 Å². The number of likely N-dealkylation sites (N-methyl/N-ethyl adjacent to an activating group) is 1. The fourth-order valence-electron chi connectivity index (χ4n) is 4.57. The van der Waals surface area contributed by atoms with E-state index in [0.717, 1.165) is 11.3 Å². The summed E-state index contributed by atoms with van der Waals surface area (Å²) in [6.07, 6.45) is 0.449. The van der Waals surface area contributed by atoms with Gasteiger partial charge in [-0.05, 0) is 74.4 Å². The van der Waals surface area contributed by atoms with E-state index >= 15 is 0 Å². The van der Waals surface area contributed by atoms with E-state index in [1.165, 1.54) is 19.2 Å². The van der Waals surface area contributed by atoms with Crippen molar-refractivity contribution in [2.75, 3.05) is 23.5 Å². The zero-order valence-electron chi connectivity index (χ0n) is 19.3. The Bertz CT molecular complexity index is 1210. The van der Waals surface area contributed by atoms with E-state index in [0.29, 0.717) is 23.7 Å². The highest BCUT2D eigenvalue weighted by molar-refractivity contribution is 6.30. The van der Waals surface area contributed by atoms with Gasteiger partial charge in [-0.1, -0.05) is 29.8 Å². The molecule has 4 rings (SSSR count). The Labute approximate surface area is 203 Å². The van der Waals surface area contributed by atoms with Gasteiger partial charge in [-0.25, -0.2) is 4.39 Å². The molecule has 7 heteroatoms. The van der Waals surface area contributed by atoms with E-state index in [1.54, 1.807) is 28.0 Å². The van der Waals surface area contributed by atoms with Gasteiger partial charge in [0.15, 0.2) is 11.6 Å². The van der Waals surface area contributed by atoms with Gasteiger partial charge in [0.25, 0.3) is 5.91 Å². The summed E-state index contributed by atoms with van der Waals surface area (Å²) in [6, 6.07) is 18.5. The zero-order chi connectivity index (χ0) is 24.4. The summed E-state index contributed by atoms with van der Waals surface area (Å²) in [4.78, 5) is 30.6. The Hall–Kier alpha value is -3.38. The highest BCUT2D eigenvalue weighted by atomic mass is 35.5. The Morgan fingerprint density at radius 1 is 1.12 bits per heavy atom. The Morgan fingerprint density at radius 3 is 2.47 bits per heavy atom. The van der Waals surface area contributed by atoms with E-state index in [1.807, 2.05) is 50.2 Å². The predicted molar refractivity (Wildman–Crippen MR) is 133 cm³/mol. The average Bonchev–Trinajstić information content (AvgIpc) is 2.84. The maximum atomic E-state index is 14.3. The second-order valence-electron chi connectivity index (χ2n) is 8.28. The number of hydrogen-bond acceptors (Lipinski definition) is 3. The number of rotatable bonds is 5.